The van der Waals surface area contributed by atoms with Crippen molar-refractivity contribution in [3.8, 4) is 17.2 Å². The number of aryl methyl sites for hydroxylation is 2. The van der Waals surface area contributed by atoms with Crippen LogP contribution in [0.15, 0.2) is 36.4 Å². The lowest BCUT2D eigenvalue weighted by molar-refractivity contribution is -0.134. The average molecular weight is 412 g/mol. The van der Waals surface area contributed by atoms with Crippen LogP contribution in [0.2, 0.25) is 0 Å². The predicted octanol–water partition coefficient (Wildman–Crippen LogP) is 2.68. The van der Waals surface area contributed by atoms with E-state index < -0.39 is 0 Å². The van der Waals surface area contributed by atoms with Crippen molar-refractivity contribution in [3.63, 3.8) is 0 Å². The number of hydrogen-bond acceptors (Lipinski definition) is 5. The van der Waals surface area contributed by atoms with Crippen LogP contribution in [0.25, 0.3) is 0 Å². The van der Waals surface area contributed by atoms with E-state index in [9.17, 15) is 9.59 Å². The van der Waals surface area contributed by atoms with E-state index in [0.717, 1.165) is 5.56 Å². The second kappa shape index (κ2) is 9.52. The fourth-order valence-corrected chi connectivity index (χ4v) is 3.35. The van der Waals surface area contributed by atoms with Crippen LogP contribution in [0, 0.1) is 13.8 Å². The second-order valence-corrected chi connectivity index (χ2v) is 7.28. The summed E-state index contributed by atoms with van der Waals surface area (Å²) in [7, 11) is 3.09. The van der Waals surface area contributed by atoms with Crippen LogP contribution >= 0.6 is 0 Å². The maximum atomic E-state index is 12.8. The lowest BCUT2D eigenvalue weighted by Crippen LogP contribution is -2.51. The topological polar surface area (TPSA) is 68.3 Å². The van der Waals surface area contributed by atoms with E-state index in [2.05, 4.69) is 0 Å². The normalized spacial score (nSPS) is 13.7. The van der Waals surface area contributed by atoms with Gasteiger partial charge in [0.2, 0.25) is 0 Å². The molecule has 2 amide bonds. The SMILES string of the molecule is COc1ccc(C(=O)N2CCN(C(=O)COc3ccc(C)c(C)c3)CC2)cc1OC. The number of methoxy groups -OCH3 is 2. The van der Waals surface area contributed by atoms with Crippen LogP contribution in [0.4, 0.5) is 0 Å². The van der Waals surface area contributed by atoms with Gasteiger partial charge >= 0.3 is 0 Å². The zero-order chi connectivity index (χ0) is 21.7. The number of piperazine rings is 1. The quantitative estimate of drug-likeness (QED) is 0.730. The molecular weight excluding hydrogens is 384 g/mol. The average Bonchev–Trinajstić information content (AvgIpc) is 2.78. The largest absolute Gasteiger partial charge is 0.493 e. The van der Waals surface area contributed by atoms with Crippen molar-refractivity contribution in [1.82, 2.24) is 9.80 Å². The molecule has 0 N–H and O–H groups in total. The van der Waals surface area contributed by atoms with Gasteiger partial charge in [0.15, 0.2) is 18.1 Å². The highest BCUT2D eigenvalue weighted by atomic mass is 16.5. The van der Waals surface area contributed by atoms with E-state index in [-0.39, 0.29) is 18.4 Å². The highest BCUT2D eigenvalue weighted by molar-refractivity contribution is 5.95. The third-order valence-electron chi connectivity index (χ3n) is 5.39. The number of hydrogen-bond donors (Lipinski definition) is 0. The Labute approximate surface area is 177 Å². The maximum absolute atomic E-state index is 12.8. The number of carbonyl (C=O) groups is 2. The molecule has 1 aliphatic heterocycles. The fraction of sp³-hybridized carbons (Fsp3) is 0.391. The molecular formula is C23H28N2O5. The molecule has 2 aromatic rings. The molecule has 1 aliphatic rings. The van der Waals surface area contributed by atoms with Crippen LogP contribution < -0.4 is 14.2 Å². The van der Waals surface area contributed by atoms with Gasteiger partial charge in [0.05, 0.1) is 14.2 Å². The number of rotatable bonds is 6. The second-order valence-electron chi connectivity index (χ2n) is 7.28. The minimum Gasteiger partial charge on any atom is -0.493 e. The fourth-order valence-electron chi connectivity index (χ4n) is 3.35. The molecule has 3 rings (SSSR count). The third kappa shape index (κ3) is 4.84. The van der Waals surface area contributed by atoms with E-state index in [1.54, 1.807) is 35.1 Å². The predicted molar refractivity (Wildman–Crippen MR) is 113 cm³/mol. The minimum absolute atomic E-state index is 0.00781. The summed E-state index contributed by atoms with van der Waals surface area (Å²) in [4.78, 5) is 28.8. The first kappa shape index (κ1) is 21.5. The van der Waals surface area contributed by atoms with Crippen molar-refractivity contribution in [2.45, 2.75) is 13.8 Å². The zero-order valence-corrected chi connectivity index (χ0v) is 17.9. The maximum Gasteiger partial charge on any atom is 0.260 e. The Morgan fingerprint density at radius 3 is 2.13 bits per heavy atom. The molecule has 0 spiro atoms. The summed E-state index contributed by atoms with van der Waals surface area (Å²) < 4.78 is 16.1. The Hall–Kier alpha value is -3.22. The standard InChI is InChI=1S/C23H28N2O5/c1-16-5-7-19(13-17(16)2)30-15-22(26)24-9-11-25(12-10-24)23(27)18-6-8-20(28-3)21(14-18)29-4/h5-8,13-14H,9-12,15H2,1-4H3. The first-order chi connectivity index (χ1) is 14.4. The van der Waals surface area contributed by atoms with Gasteiger partial charge in [-0.15, -0.1) is 0 Å². The number of amides is 2. The van der Waals surface area contributed by atoms with Gasteiger partial charge in [0, 0.05) is 31.7 Å². The molecule has 0 bridgehead atoms. The Morgan fingerprint density at radius 2 is 1.50 bits per heavy atom. The molecule has 1 saturated heterocycles. The van der Waals surface area contributed by atoms with Crippen LogP contribution in [-0.2, 0) is 4.79 Å². The van der Waals surface area contributed by atoms with E-state index >= 15 is 0 Å². The van der Waals surface area contributed by atoms with Crippen LogP contribution in [0.1, 0.15) is 21.5 Å². The number of ether oxygens (including phenoxy) is 3. The van der Waals surface area contributed by atoms with Gasteiger partial charge in [-0.2, -0.15) is 0 Å². The molecule has 7 nitrogen and oxygen atoms in total. The van der Waals surface area contributed by atoms with E-state index in [0.29, 0.717) is 49.0 Å². The van der Waals surface area contributed by atoms with Crippen molar-refractivity contribution in [2.24, 2.45) is 0 Å². The summed E-state index contributed by atoms with van der Waals surface area (Å²) in [5.41, 5.74) is 2.84. The van der Waals surface area contributed by atoms with E-state index in [1.165, 1.54) is 12.7 Å². The summed E-state index contributed by atoms with van der Waals surface area (Å²) in [6.45, 7) is 5.95. The first-order valence-electron chi connectivity index (χ1n) is 9.92. The van der Waals surface area contributed by atoms with Crippen LogP contribution in [0.5, 0.6) is 17.2 Å². The summed E-state index contributed by atoms with van der Waals surface area (Å²) in [5, 5.41) is 0. The van der Waals surface area contributed by atoms with Gasteiger partial charge < -0.3 is 24.0 Å². The number of carbonyl (C=O) groups excluding carboxylic acids is 2. The third-order valence-corrected chi connectivity index (χ3v) is 5.39. The number of nitrogens with zero attached hydrogens (tertiary/aromatic N) is 2. The summed E-state index contributed by atoms with van der Waals surface area (Å²) in [6.07, 6.45) is 0. The van der Waals surface area contributed by atoms with Gasteiger partial charge in [-0.25, -0.2) is 0 Å². The molecule has 1 heterocycles. The van der Waals surface area contributed by atoms with Crippen molar-refractivity contribution in [2.75, 3.05) is 47.0 Å². The molecule has 0 aromatic heterocycles. The van der Waals surface area contributed by atoms with E-state index in [4.69, 9.17) is 14.2 Å². The highest BCUT2D eigenvalue weighted by Crippen LogP contribution is 2.28. The lowest BCUT2D eigenvalue weighted by Gasteiger charge is -2.34. The van der Waals surface area contributed by atoms with Crippen LogP contribution in [0.3, 0.4) is 0 Å². The van der Waals surface area contributed by atoms with E-state index in [1.807, 2.05) is 32.0 Å². The van der Waals surface area contributed by atoms with Crippen molar-refractivity contribution in [1.29, 1.82) is 0 Å². The molecule has 0 atom stereocenters. The van der Waals surface area contributed by atoms with Gasteiger partial charge in [0.1, 0.15) is 5.75 Å². The Balaban J connectivity index is 1.53. The Morgan fingerprint density at radius 1 is 0.833 bits per heavy atom. The van der Waals surface area contributed by atoms with Gasteiger partial charge in [0.25, 0.3) is 11.8 Å². The molecule has 1 fully saturated rings. The number of benzene rings is 2. The molecule has 0 radical (unpaired) electrons. The molecule has 2 aromatic carbocycles. The highest BCUT2D eigenvalue weighted by Gasteiger charge is 2.25. The molecule has 160 valence electrons. The summed E-state index contributed by atoms with van der Waals surface area (Å²) in [6, 6.07) is 10.9. The van der Waals surface area contributed by atoms with Crippen molar-refractivity contribution in [3.05, 3.63) is 53.1 Å². The Kier molecular flexibility index (Phi) is 6.82. The van der Waals surface area contributed by atoms with Crippen LogP contribution in [-0.4, -0.2) is 68.6 Å². The zero-order valence-electron chi connectivity index (χ0n) is 17.9. The van der Waals surface area contributed by atoms with Crippen molar-refractivity contribution >= 4 is 11.8 Å². The molecule has 7 heteroatoms. The molecule has 0 aliphatic carbocycles. The smallest absolute Gasteiger partial charge is 0.260 e. The Bertz CT molecular complexity index is 920. The summed E-state index contributed by atoms with van der Waals surface area (Å²) in [5.74, 6) is 1.61. The molecule has 0 saturated carbocycles. The molecule has 30 heavy (non-hydrogen) atoms. The van der Waals surface area contributed by atoms with Gasteiger partial charge in [-0.05, 0) is 55.3 Å². The van der Waals surface area contributed by atoms with Gasteiger partial charge in [-0.1, -0.05) is 6.07 Å². The molecule has 0 unspecified atom stereocenters. The summed E-state index contributed by atoms with van der Waals surface area (Å²) >= 11 is 0. The van der Waals surface area contributed by atoms with Crippen molar-refractivity contribution < 1.29 is 23.8 Å². The lowest BCUT2D eigenvalue weighted by atomic mass is 10.1. The monoisotopic (exact) mass is 412 g/mol. The van der Waals surface area contributed by atoms with Gasteiger partial charge in [-0.3, -0.25) is 9.59 Å². The minimum atomic E-state index is -0.0885. The first-order valence-corrected chi connectivity index (χ1v) is 9.92.